The van der Waals surface area contributed by atoms with Crippen LogP contribution in [0.4, 0.5) is 18.9 Å². The maximum Gasteiger partial charge on any atom is 0.425 e. The monoisotopic (exact) mass is 297 g/mol. The van der Waals surface area contributed by atoms with E-state index in [1.54, 1.807) is 0 Å². The summed E-state index contributed by atoms with van der Waals surface area (Å²) >= 11 is 0. The van der Waals surface area contributed by atoms with Crippen LogP contribution >= 0.6 is 0 Å². The molecule has 21 heavy (non-hydrogen) atoms. The van der Waals surface area contributed by atoms with Gasteiger partial charge in [-0.3, -0.25) is 10.1 Å². The number of aliphatic hydroxyl groups is 1. The number of benzene rings is 2. The summed E-state index contributed by atoms with van der Waals surface area (Å²) in [5.41, 5.74) is -4.40. The van der Waals surface area contributed by atoms with Crippen molar-refractivity contribution in [2.75, 3.05) is 0 Å². The van der Waals surface area contributed by atoms with Crippen LogP contribution in [0.3, 0.4) is 0 Å². The van der Waals surface area contributed by atoms with E-state index in [2.05, 4.69) is 0 Å². The maximum atomic E-state index is 13.4. The summed E-state index contributed by atoms with van der Waals surface area (Å²) in [5.74, 6) is 0. The first kappa shape index (κ1) is 15.0. The molecule has 0 radical (unpaired) electrons. The van der Waals surface area contributed by atoms with E-state index in [0.29, 0.717) is 0 Å². The SMILES string of the molecule is O=[N+]([O-])c1ccc(C(O)(c2ccccc2)C(F)(F)F)cc1. The molecule has 1 atom stereocenters. The zero-order chi connectivity index (χ0) is 15.7. The van der Waals surface area contributed by atoms with Gasteiger partial charge in [-0.2, -0.15) is 13.2 Å². The quantitative estimate of drug-likeness (QED) is 0.697. The van der Waals surface area contributed by atoms with Crippen LogP contribution in [-0.2, 0) is 5.60 Å². The van der Waals surface area contributed by atoms with E-state index in [0.717, 1.165) is 36.4 Å². The second-order valence-corrected chi connectivity index (χ2v) is 4.38. The highest BCUT2D eigenvalue weighted by Gasteiger charge is 2.56. The molecule has 1 unspecified atom stereocenters. The average molecular weight is 297 g/mol. The summed E-state index contributed by atoms with van der Waals surface area (Å²) < 4.78 is 40.1. The number of nitrogens with zero attached hydrogens (tertiary/aromatic N) is 1. The predicted octanol–water partition coefficient (Wildman–Crippen LogP) is 3.39. The van der Waals surface area contributed by atoms with Crippen LogP contribution in [0.2, 0.25) is 0 Å². The summed E-state index contributed by atoms with van der Waals surface area (Å²) in [6.45, 7) is 0. The first-order valence-electron chi connectivity index (χ1n) is 5.86. The second-order valence-electron chi connectivity index (χ2n) is 4.38. The molecule has 0 amide bonds. The van der Waals surface area contributed by atoms with Gasteiger partial charge in [0.2, 0.25) is 5.60 Å². The molecule has 4 nitrogen and oxygen atoms in total. The Morgan fingerprint density at radius 2 is 1.38 bits per heavy atom. The molecule has 7 heteroatoms. The maximum absolute atomic E-state index is 13.4. The molecule has 0 heterocycles. The van der Waals surface area contributed by atoms with E-state index in [1.165, 1.54) is 18.2 Å². The Morgan fingerprint density at radius 3 is 1.81 bits per heavy atom. The van der Waals surface area contributed by atoms with Crippen LogP contribution in [0, 0.1) is 10.1 Å². The minimum atomic E-state index is -4.97. The Hall–Kier alpha value is -2.41. The van der Waals surface area contributed by atoms with Gasteiger partial charge in [0, 0.05) is 12.1 Å². The molecule has 0 aromatic heterocycles. The van der Waals surface area contributed by atoms with Gasteiger partial charge in [0.1, 0.15) is 0 Å². The van der Waals surface area contributed by atoms with Crippen LogP contribution in [-0.4, -0.2) is 16.2 Å². The molecule has 0 saturated heterocycles. The summed E-state index contributed by atoms with van der Waals surface area (Å²) in [4.78, 5) is 9.83. The molecule has 0 aliphatic heterocycles. The summed E-state index contributed by atoms with van der Waals surface area (Å²) in [6.07, 6.45) is -4.97. The topological polar surface area (TPSA) is 63.4 Å². The summed E-state index contributed by atoms with van der Waals surface area (Å²) in [5, 5.41) is 20.8. The van der Waals surface area contributed by atoms with Crippen molar-refractivity contribution < 1.29 is 23.2 Å². The lowest BCUT2D eigenvalue weighted by Gasteiger charge is -2.31. The molecule has 110 valence electrons. The molecule has 0 spiro atoms. The van der Waals surface area contributed by atoms with Crippen molar-refractivity contribution in [1.29, 1.82) is 0 Å². The Bertz CT molecular complexity index is 641. The lowest BCUT2D eigenvalue weighted by atomic mass is 9.85. The lowest BCUT2D eigenvalue weighted by Crippen LogP contribution is -2.43. The van der Waals surface area contributed by atoms with Crippen molar-refractivity contribution in [2.45, 2.75) is 11.8 Å². The van der Waals surface area contributed by atoms with Crippen LogP contribution in [0.5, 0.6) is 0 Å². The molecular formula is C14H10F3NO3. The molecule has 0 aliphatic rings. The molecule has 2 rings (SSSR count). The van der Waals surface area contributed by atoms with Gasteiger partial charge in [0.15, 0.2) is 0 Å². The Labute approximate surface area is 117 Å². The fourth-order valence-electron chi connectivity index (χ4n) is 2.00. The van der Waals surface area contributed by atoms with Crippen LogP contribution in [0.1, 0.15) is 11.1 Å². The zero-order valence-electron chi connectivity index (χ0n) is 10.5. The predicted molar refractivity (Wildman–Crippen MR) is 68.6 cm³/mol. The van der Waals surface area contributed by atoms with Crippen LogP contribution < -0.4 is 0 Å². The Morgan fingerprint density at radius 1 is 0.905 bits per heavy atom. The van der Waals surface area contributed by atoms with Crippen LogP contribution in [0.25, 0.3) is 0 Å². The fraction of sp³-hybridized carbons (Fsp3) is 0.143. The minimum Gasteiger partial charge on any atom is -0.372 e. The van der Waals surface area contributed by atoms with Gasteiger partial charge in [-0.25, -0.2) is 0 Å². The standard InChI is InChI=1S/C14H10F3NO3/c15-14(16,17)13(19,10-4-2-1-3-5-10)11-6-8-12(9-7-11)18(20)21/h1-9,19H. The van der Waals surface area contributed by atoms with E-state index >= 15 is 0 Å². The summed E-state index contributed by atoms with van der Waals surface area (Å²) in [7, 11) is 0. The smallest absolute Gasteiger partial charge is 0.372 e. The van der Waals surface area contributed by atoms with E-state index in [1.807, 2.05) is 0 Å². The van der Waals surface area contributed by atoms with Crippen molar-refractivity contribution in [2.24, 2.45) is 0 Å². The van der Waals surface area contributed by atoms with Crippen molar-refractivity contribution in [3.05, 3.63) is 75.8 Å². The highest BCUT2D eigenvalue weighted by molar-refractivity contribution is 5.42. The highest BCUT2D eigenvalue weighted by atomic mass is 19.4. The van der Waals surface area contributed by atoms with Crippen molar-refractivity contribution in [1.82, 2.24) is 0 Å². The van der Waals surface area contributed by atoms with E-state index in [-0.39, 0.29) is 11.3 Å². The molecule has 2 aromatic carbocycles. The van der Waals surface area contributed by atoms with E-state index in [9.17, 15) is 28.4 Å². The van der Waals surface area contributed by atoms with Crippen molar-refractivity contribution in [3.63, 3.8) is 0 Å². The molecule has 1 N–H and O–H groups in total. The number of nitro benzene ring substituents is 1. The molecular weight excluding hydrogens is 287 g/mol. The van der Waals surface area contributed by atoms with E-state index < -0.39 is 22.3 Å². The zero-order valence-corrected chi connectivity index (χ0v) is 10.5. The second kappa shape index (κ2) is 5.17. The normalized spacial score (nSPS) is 14.5. The van der Waals surface area contributed by atoms with E-state index in [4.69, 9.17) is 0 Å². The third-order valence-corrected chi connectivity index (χ3v) is 3.10. The largest absolute Gasteiger partial charge is 0.425 e. The Balaban J connectivity index is 2.59. The minimum absolute atomic E-state index is 0.351. The Kier molecular flexibility index (Phi) is 3.69. The number of rotatable bonds is 3. The number of alkyl halides is 3. The summed E-state index contributed by atoms with van der Waals surface area (Å²) in [6, 6.07) is 10.2. The van der Waals surface area contributed by atoms with Crippen LogP contribution in [0.15, 0.2) is 54.6 Å². The third-order valence-electron chi connectivity index (χ3n) is 3.10. The number of non-ortho nitro benzene ring substituents is 1. The number of hydrogen-bond donors (Lipinski definition) is 1. The molecule has 0 saturated carbocycles. The van der Waals surface area contributed by atoms with Gasteiger partial charge >= 0.3 is 6.18 Å². The van der Waals surface area contributed by atoms with Gasteiger partial charge in [0.25, 0.3) is 5.69 Å². The number of nitro groups is 1. The third kappa shape index (κ3) is 2.59. The van der Waals surface area contributed by atoms with Gasteiger partial charge in [0.05, 0.1) is 4.92 Å². The first-order chi connectivity index (χ1) is 9.76. The molecule has 0 bridgehead atoms. The van der Waals surface area contributed by atoms with Gasteiger partial charge < -0.3 is 5.11 Å². The van der Waals surface area contributed by atoms with Gasteiger partial charge in [-0.05, 0) is 23.3 Å². The number of hydrogen-bond acceptors (Lipinski definition) is 3. The average Bonchev–Trinajstić information content (AvgIpc) is 2.46. The highest BCUT2D eigenvalue weighted by Crippen LogP contribution is 2.44. The molecule has 0 aliphatic carbocycles. The van der Waals surface area contributed by atoms with Crippen molar-refractivity contribution >= 4 is 5.69 Å². The lowest BCUT2D eigenvalue weighted by molar-refractivity contribution is -0.384. The van der Waals surface area contributed by atoms with Crippen molar-refractivity contribution in [3.8, 4) is 0 Å². The first-order valence-corrected chi connectivity index (χ1v) is 5.86. The van der Waals surface area contributed by atoms with Gasteiger partial charge in [-0.15, -0.1) is 0 Å². The fourth-order valence-corrected chi connectivity index (χ4v) is 2.00. The van der Waals surface area contributed by atoms with Gasteiger partial charge in [-0.1, -0.05) is 30.3 Å². The molecule has 2 aromatic rings. The molecule has 0 fully saturated rings. The number of halogens is 3.